The lowest BCUT2D eigenvalue weighted by Gasteiger charge is -2.22. The summed E-state index contributed by atoms with van der Waals surface area (Å²) in [5, 5.41) is 0.573. The molecule has 2 aromatic carbocycles. The highest BCUT2D eigenvalue weighted by molar-refractivity contribution is 6.30. The van der Waals surface area contributed by atoms with Crippen LogP contribution in [0, 0.1) is 11.6 Å². The van der Waals surface area contributed by atoms with Gasteiger partial charge in [-0.05, 0) is 42.0 Å². The van der Waals surface area contributed by atoms with Crippen molar-refractivity contribution in [3.05, 3.63) is 76.6 Å². The number of aromatic nitrogens is 1. The second kappa shape index (κ2) is 10.2. The minimum absolute atomic E-state index is 0.00504. The number of carbonyl (C=O) groups excluding carboxylic acids is 2. The monoisotopic (exact) mass is 448 g/mol. The molecule has 0 bridgehead atoms. The van der Waals surface area contributed by atoms with Crippen molar-refractivity contribution in [2.45, 2.75) is 19.4 Å². The van der Waals surface area contributed by atoms with Gasteiger partial charge in [0.1, 0.15) is 6.26 Å². The number of nitrogens with zero attached hydrogens (tertiary/aromatic N) is 2. The Hall–Kier alpha value is -3.26. The minimum atomic E-state index is -1.01. The molecule has 0 saturated heterocycles. The molecule has 0 N–H and O–H groups in total. The van der Waals surface area contributed by atoms with Crippen LogP contribution in [0.25, 0.3) is 11.5 Å². The lowest BCUT2D eigenvalue weighted by atomic mass is 10.1. The van der Waals surface area contributed by atoms with Gasteiger partial charge in [-0.2, -0.15) is 0 Å². The normalized spacial score (nSPS) is 10.7. The molecule has 0 unspecified atom stereocenters. The highest BCUT2D eigenvalue weighted by atomic mass is 35.5. The molecule has 0 aliphatic rings. The van der Waals surface area contributed by atoms with Gasteiger partial charge >= 0.3 is 5.97 Å². The maximum absolute atomic E-state index is 13.6. The largest absolute Gasteiger partial charge is 0.469 e. The number of benzene rings is 2. The molecule has 1 aromatic heterocycles. The summed E-state index contributed by atoms with van der Waals surface area (Å²) in [6, 6.07) is 10.3. The van der Waals surface area contributed by atoms with Gasteiger partial charge in [0, 0.05) is 23.7 Å². The zero-order valence-corrected chi connectivity index (χ0v) is 17.4. The van der Waals surface area contributed by atoms with E-state index in [9.17, 15) is 18.4 Å². The first-order valence-corrected chi connectivity index (χ1v) is 9.72. The Labute approximate surface area is 182 Å². The molecule has 0 fully saturated rings. The summed E-state index contributed by atoms with van der Waals surface area (Å²) in [5.74, 6) is -2.50. The molecular formula is C22H19ClF2N2O4. The highest BCUT2D eigenvalue weighted by Crippen LogP contribution is 2.21. The zero-order valence-electron chi connectivity index (χ0n) is 16.6. The van der Waals surface area contributed by atoms with Crippen molar-refractivity contribution >= 4 is 23.5 Å². The number of rotatable bonds is 8. The van der Waals surface area contributed by atoms with Gasteiger partial charge in [-0.3, -0.25) is 9.59 Å². The third kappa shape index (κ3) is 6.11. The molecule has 0 saturated carbocycles. The van der Waals surface area contributed by atoms with Gasteiger partial charge in [-0.15, -0.1) is 0 Å². The summed E-state index contributed by atoms with van der Waals surface area (Å²) in [6.07, 6.45) is 1.24. The second-order valence-corrected chi connectivity index (χ2v) is 7.15. The molecule has 1 heterocycles. The molecule has 1 amide bonds. The van der Waals surface area contributed by atoms with Crippen LogP contribution in [-0.4, -0.2) is 35.4 Å². The van der Waals surface area contributed by atoms with Gasteiger partial charge in [0.25, 0.3) is 0 Å². The number of halogens is 3. The topological polar surface area (TPSA) is 72.6 Å². The van der Waals surface area contributed by atoms with E-state index < -0.39 is 17.6 Å². The van der Waals surface area contributed by atoms with Gasteiger partial charge in [0.05, 0.1) is 25.6 Å². The van der Waals surface area contributed by atoms with Crippen LogP contribution in [0.2, 0.25) is 5.02 Å². The lowest BCUT2D eigenvalue weighted by molar-refractivity contribution is -0.141. The van der Waals surface area contributed by atoms with Crippen LogP contribution in [-0.2, 0) is 27.3 Å². The number of esters is 1. The number of oxazole rings is 1. The number of amides is 1. The van der Waals surface area contributed by atoms with E-state index in [2.05, 4.69) is 9.72 Å². The van der Waals surface area contributed by atoms with E-state index in [1.165, 1.54) is 24.3 Å². The molecule has 0 aliphatic carbocycles. The predicted molar refractivity (Wildman–Crippen MR) is 109 cm³/mol. The van der Waals surface area contributed by atoms with Crippen molar-refractivity contribution in [3.8, 4) is 11.5 Å². The van der Waals surface area contributed by atoms with E-state index in [0.717, 1.165) is 12.1 Å². The molecule has 9 heteroatoms. The van der Waals surface area contributed by atoms with Crippen LogP contribution in [0.15, 0.2) is 53.1 Å². The molecule has 31 heavy (non-hydrogen) atoms. The second-order valence-electron chi connectivity index (χ2n) is 6.72. The molecule has 0 spiro atoms. The van der Waals surface area contributed by atoms with Crippen molar-refractivity contribution in [1.82, 2.24) is 9.88 Å². The number of methoxy groups -OCH3 is 1. The smallest absolute Gasteiger partial charge is 0.307 e. The van der Waals surface area contributed by atoms with Crippen molar-refractivity contribution < 1.29 is 27.5 Å². The van der Waals surface area contributed by atoms with Crippen LogP contribution in [0.1, 0.15) is 17.7 Å². The summed E-state index contributed by atoms with van der Waals surface area (Å²) in [6.45, 7) is 0.0430. The fourth-order valence-electron chi connectivity index (χ4n) is 2.86. The van der Waals surface area contributed by atoms with Gasteiger partial charge in [-0.1, -0.05) is 17.7 Å². The number of carbonyl (C=O) groups is 2. The summed E-state index contributed by atoms with van der Waals surface area (Å²) in [5.41, 5.74) is 1.48. The summed E-state index contributed by atoms with van der Waals surface area (Å²) in [4.78, 5) is 30.1. The quantitative estimate of drug-likeness (QED) is 0.477. The number of hydrogen-bond acceptors (Lipinski definition) is 5. The van der Waals surface area contributed by atoms with E-state index in [1.54, 1.807) is 24.3 Å². The summed E-state index contributed by atoms with van der Waals surface area (Å²) >= 11 is 5.88. The average molecular weight is 449 g/mol. The fraction of sp³-hybridized carbons (Fsp3) is 0.227. The maximum atomic E-state index is 13.6. The first-order valence-electron chi connectivity index (χ1n) is 9.34. The van der Waals surface area contributed by atoms with Crippen LogP contribution in [0.3, 0.4) is 0 Å². The highest BCUT2D eigenvalue weighted by Gasteiger charge is 2.19. The predicted octanol–water partition coefficient (Wildman–Crippen LogP) is 4.41. The third-order valence-corrected chi connectivity index (χ3v) is 4.75. The molecule has 0 radical (unpaired) electrons. The Kier molecular flexibility index (Phi) is 7.36. The molecule has 3 aromatic rings. The van der Waals surface area contributed by atoms with Crippen LogP contribution in [0.5, 0.6) is 0 Å². The minimum Gasteiger partial charge on any atom is -0.469 e. The Morgan fingerprint density at radius 3 is 2.55 bits per heavy atom. The van der Waals surface area contributed by atoms with E-state index in [1.807, 2.05) is 0 Å². The van der Waals surface area contributed by atoms with Crippen LogP contribution >= 0.6 is 11.6 Å². The molecular weight excluding hydrogens is 430 g/mol. The zero-order chi connectivity index (χ0) is 22.4. The SMILES string of the molecule is COC(=O)CCN(Cc1ccc(F)c(F)c1)C(=O)Cc1coc(-c2ccc(Cl)cc2)n1. The Balaban J connectivity index is 1.73. The van der Waals surface area contributed by atoms with Gasteiger partial charge in [-0.25, -0.2) is 13.8 Å². The van der Waals surface area contributed by atoms with Crippen molar-refractivity contribution in [1.29, 1.82) is 0 Å². The Morgan fingerprint density at radius 2 is 1.87 bits per heavy atom. The van der Waals surface area contributed by atoms with E-state index >= 15 is 0 Å². The number of hydrogen-bond donors (Lipinski definition) is 0. The summed E-state index contributed by atoms with van der Waals surface area (Å²) in [7, 11) is 1.25. The molecule has 0 aliphatic heterocycles. The molecule has 162 valence electrons. The van der Waals surface area contributed by atoms with E-state index in [0.29, 0.717) is 27.7 Å². The fourth-order valence-corrected chi connectivity index (χ4v) is 2.98. The third-order valence-electron chi connectivity index (χ3n) is 4.50. The first kappa shape index (κ1) is 22.4. The Bertz CT molecular complexity index is 1070. The average Bonchev–Trinajstić information content (AvgIpc) is 3.22. The molecule has 6 nitrogen and oxygen atoms in total. The van der Waals surface area contributed by atoms with Crippen LogP contribution < -0.4 is 0 Å². The summed E-state index contributed by atoms with van der Waals surface area (Å²) < 4.78 is 36.8. The maximum Gasteiger partial charge on any atom is 0.307 e. The van der Waals surface area contributed by atoms with Crippen LogP contribution in [0.4, 0.5) is 8.78 Å². The van der Waals surface area contributed by atoms with Crippen molar-refractivity contribution in [2.24, 2.45) is 0 Å². The van der Waals surface area contributed by atoms with Gasteiger partial charge < -0.3 is 14.1 Å². The standard InChI is InChI=1S/C22H19ClF2N2O4/c1-30-21(29)8-9-27(12-14-2-7-18(24)19(25)10-14)20(28)11-17-13-31-22(26-17)15-3-5-16(23)6-4-15/h2-7,10,13H,8-9,11-12H2,1H3. The van der Waals surface area contributed by atoms with Gasteiger partial charge in [0.15, 0.2) is 11.6 Å². The van der Waals surface area contributed by atoms with Gasteiger partial charge in [0.2, 0.25) is 11.8 Å². The molecule has 3 rings (SSSR count). The first-order chi connectivity index (χ1) is 14.9. The van der Waals surface area contributed by atoms with E-state index in [4.69, 9.17) is 16.0 Å². The lowest BCUT2D eigenvalue weighted by Crippen LogP contribution is -2.34. The van der Waals surface area contributed by atoms with Crippen molar-refractivity contribution in [3.63, 3.8) is 0 Å². The molecule has 0 atom stereocenters. The van der Waals surface area contributed by atoms with Crippen molar-refractivity contribution in [2.75, 3.05) is 13.7 Å². The number of ether oxygens (including phenoxy) is 1. The van der Waals surface area contributed by atoms with E-state index in [-0.39, 0.29) is 31.8 Å². The Morgan fingerprint density at radius 1 is 1.13 bits per heavy atom.